The largest absolute Gasteiger partial charge is 0.494 e. The van der Waals surface area contributed by atoms with Crippen molar-refractivity contribution in [2.75, 3.05) is 25.1 Å². The number of ether oxygens (including phenoxy) is 1. The smallest absolute Gasteiger partial charge is 0.165 e. The Kier molecular flexibility index (Phi) is 3.73. The molecule has 24 heavy (non-hydrogen) atoms. The third-order valence-electron chi connectivity index (χ3n) is 4.26. The van der Waals surface area contributed by atoms with Gasteiger partial charge in [-0.1, -0.05) is 11.6 Å². The minimum atomic E-state index is -0.456. The summed E-state index contributed by atoms with van der Waals surface area (Å²) >= 11 is 6.32. The first-order valence-corrected chi connectivity index (χ1v) is 8.08. The van der Waals surface area contributed by atoms with Crippen molar-refractivity contribution in [1.29, 1.82) is 0 Å². The molecule has 1 saturated heterocycles. The van der Waals surface area contributed by atoms with E-state index in [1.54, 1.807) is 18.3 Å². The normalized spacial score (nSPS) is 13.9. The Morgan fingerprint density at radius 3 is 2.67 bits per heavy atom. The quantitative estimate of drug-likeness (QED) is 0.710. The SMILES string of the molecule is COc1cc2nc(-c3ccc(N4CCC4)nc3)cc(Cl)c2cc1F. The highest BCUT2D eigenvalue weighted by atomic mass is 35.5. The van der Waals surface area contributed by atoms with Crippen molar-refractivity contribution in [3.8, 4) is 17.0 Å². The molecular weight excluding hydrogens is 329 g/mol. The lowest BCUT2D eigenvalue weighted by Gasteiger charge is -2.31. The molecule has 1 aliphatic heterocycles. The number of pyridine rings is 2. The van der Waals surface area contributed by atoms with E-state index in [4.69, 9.17) is 16.3 Å². The second-order valence-corrected chi connectivity index (χ2v) is 6.15. The minimum Gasteiger partial charge on any atom is -0.494 e. The topological polar surface area (TPSA) is 38.2 Å². The summed E-state index contributed by atoms with van der Waals surface area (Å²) < 4.78 is 18.9. The van der Waals surface area contributed by atoms with Gasteiger partial charge in [0, 0.05) is 36.3 Å². The molecule has 0 aliphatic carbocycles. The lowest BCUT2D eigenvalue weighted by Crippen LogP contribution is -2.37. The van der Waals surface area contributed by atoms with Crippen LogP contribution in [-0.4, -0.2) is 30.2 Å². The molecule has 0 atom stereocenters. The maximum absolute atomic E-state index is 13.9. The number of aromatic nitrogens is 2. The molecular formula is C18H15ClFN3O. The first kappa shape index (κ1) is 15.1. The maximum atomic E-state index is 13.9. The van der Waals surface area contributed by atoms with Gasteiger partial charge in [-0.15, -0.1) is 0 Å². The van der Waals surface area contributed by atoms with Crippen molar-refractivity contribution in [1.82, 2.24) is 9.97 Å². The zero-order valence-electron chi connectivity index (χ0n) is 13.1. The molecule has 4 nitrogen and oxygen atoms in total. The highest BCUT2D eigenvalue weighted by molar-refractivity contribution is 6.35. The number of fused-ring (bicyclic) bond motifs is 1. The van der Waals surface area contributed by atoms with Gasteiger partial charge >= 0.3 is 0 Å². The van der Waals surface area contributed by atoms with Crippen LogP contribution in [0, 0.1) is 5.82 Å². The van der Waals surface area contributed by atoms with Crippen LogP contribution in [0.2, 0.25) is 5.02 Å². The highest BCUT2D eigenvalue weighted by Gasteiger charge is 2.16. The molecule has 1 aromatic carbocycles. The molecule has 6 heteroatoms. The molecule has 0 amide bonds. The zero-order valence-corrected chi connectivity index (χ0v) is 13.8. The predicted molar refractivity (Wildman–Crippen MR) is 93.3 cm³/mol. The average Bonchev–Trinajstić information content (AvgIpc) is 2.54. The highest BCUT2D eigenvalue weighted by Crippen LogP contribution is 2.32. The van der Waals surface area contributed by atoms with Crippen molar-refractivity contribution >= 4 is 28.3 Å². The summed E-state index contributed by atoms with van der Waals surface area (Å²) in [5, 5.41) is 1.01. The lowest BCUT2D eigenvalue weighted by molar-refractivity contribution is 0.387. The summed E-state index contributed by atoms with van der Waals surface area (Å²) in [6, 6.07) is 8.60. The summed E-state index contributed by atoms with van der Waals surface area (Å²) in [6.45, 7) is 2.11. The molecule has 1 fully saturated rings. The van der Waals surface area contributed by atoms with Crippen molar-refractivity contribution in [2.45, 2.75) is 6.42 Å². The predicted octanol–water partition coefficient (Wildman–Crippen LogP) is 4.31. The first-order chi connectivity index (χ1) is 11.7. The second-order valence-electron chi connectivity index (χ2n) is 5.74. The number of hydrogen-bond donors (Lipinski definition) is 0. The Balaban J connectivity index is 1.77. The van der Waals surface area contributed by atoms with Crippen LogP contribution in [0.5, 0.6) is 5.75 Å². The molecule has 122 valence electrons. The average molecular weight is 344 g/mol. The van der Waals surface area contributed by atoms with Crippen molar-refractivity contribution in [3.63, 3.8) is 0 Å². The fraction of sp³-hybridized carbons (Fsp3) is 0.222. The summed E-state index contributed by atoms with van der Waals surface area (Å²) in [7, 11) is 1.42. The molecule has 0 N–H and O–H groups in total. The second kappa shape index (κ2) is 5.91. The summed E-state index contributed by atoms with van der Waals surface area (Å²) in [6.07, 6.45) is 3.00. The van der Waals surface area contributed by atoms with Gasteiger partial charge < -0.3 is 9.64 Å². The molecule has 3 heterocycles. The van der Waals surface area contributed by atoms with E-state index in [1.807, 2.05) is 12.1 Å². The molecule has 0 saturated carbocycles. The van der Waals surface area contributed by atoms with E-state index in [-0.39, 0.29) is 5.75 Å². The van der Waals surface area contributed by atoms with Crippen molar-refractivity contribution in [2.24, 2.45) is 0 Å². The van der Waals surface area contributed by atoms with E-state index in [0.29, 0.717) is 21.6 Å². The van der Waals surface area contributed by atoms with Gasteiger partial charge in [-0.25, -0.2) is 14.4 Å². The summed E-state index contributed by atoms with van der Waals surface area (Å²) in [5.74, 6) is 0.664. The van der Waals surface area contributed by atoms with E-state index in [0.717, 1.165) is 24.5 Å². The van der Waals surface area contributed by atoms with E-state index in [9.17, 15) is 4.39 Å². The number of benzene rings is 1. The number of rotatable bonds is 3. The number of halogens is 2. The van der Waals surface area contributed by atoms with Gasteiger partial charge in [-0.3, -0.25) is 0 Å². The van der Waals surface area contributed by atoms with Gasteiger partial charge in [0.15, 0.2) is 11.6 Å². The van der Waals surface area contributed by atoms with E-state index < -0.39 is 5.82 Å². The molecule has 1 aliphatic rings. The van der Waals surface area contributed by atoms with Gasteiger partial charge in [0.25, 0.3) is 0 Å². The van der Waals surface area contributed by atoms with Crippen LogP contribution in [-0.2, 0) is 0 Å². The van der Waals surface area contributed by atoms with Gasteiger partial charge in [0.1, 0.15) is 5.82 Å². The van der Waals surface area contributed by atoms with Crippen LogP contribution in [0.1, 0.15) is 6.42 Å². The van der Waals surface area contributed by atoms with Gasteiger partial charge in [-0.05, 0) is 30.7 Å². The Hall–Kier alpha value is -2.40. The van der Waals surface area contributed by atoms with Gasteiger partial charge in [0.2, 0.25) is 0 Å². The summed E-state index contributed by atoms with van der Waals surface area (Å²) in [4.78, 5) is 11.3. The van der Waals surface area contributed by atoms with E-state index in [2.05, 4.69) is 14.9 Å². The van der Waals surface area contributed by atoms with Crippen LogP contribution >= 0.6 is 11.6 Å². The molecule has 2 aromatic heterocycles. The van der Waals surface area contributed by atoms with E-state index >= 15 is 0 Å². The Bertz CT molecular complexity index is 910. The molecule has 3 aromatic rings. The minimum absolute atomic E-state index is 0.148. The Morgan fingerprint density at radius 1 is 1.21 bits per heavy atom. The molecule has 0 unspecified atom stereocenters. The van der Waals surface area contributed by atoms with Crippen LogP contribution < -0.4 is 9.64 Å². The van der Waals surface area contributed by atoms with Crippen LogP contribution in [0.25, 0.3) is 22.2 Å². The van der Waals surface area contributed by atoms with Gasteiger partial charge in [-0.2, -0.15) is 0 Å². The fourth-order valence-corrected chi connectivity index (χ4v) is 3.02. The summed E-state index contributed by atoms with van der Waals surface area (Å²) in [5.41, 5.74) is 2.15. The number of methoxy groups -OCH3 is 1. The van der Waals surface area contributed by atoms with E-state index in [1.165, 1.54) is 19.6 Å². The van der Waals surface area contributed by atoms with Crippen LogP contribution in [0.15, 0.2) is 36.5 Å². The lowest BCUT2D eigenvalue weighted by atomic mass is 10.1. The van der Waals surface area contributed by atoms with Crippen molar-refractivity contribution in [3.05, 3.63) is 47.4 Å². The standard InChI is InChI=1S/C18H15ClFN3O/c1-24-17-9-16-12(7-14(17)20)13(19)8-15(22-16)11-3-4-18(21-10-11)23-5-2-6-23/h3-4,7-10H,2,5-6H2,1H3. The Morgan fingerprint density at radius 2 is 2.04 bits per heavy atom. The number of anilines is 1. The maximum Gasteiger partial charge on any atom is 0.165 e. The fourth-order valence-electron chi connectivity index (χ4n) is 2.76. The number of hydrogen-bond acceptors (Lipinski definition) is 4. The third kappa shape index (κ3) is 2.55. The monoisotopic (exact) mass is 343 g/mol. The molecule has 4 rings (SSSR count). The molecule has 0 bridgehead atoms. The van der Waals surface area contributed by atoms with Crippen molar-refractivity contribution < 1.29 is 9.13 Å². The van der Waals surface area contributed by atoms with Gasteiger partial charge in [0.05, 0.1) is 23.3 Å². The first-order valence-electron chi connectivity index (χ1n) is 7.71. The third-order valence-corrected chi connectivity index (χ3v) is 4.57. The van der Waals surface area contributed by atoms with Crippen LogP contribution in [0.4, 0.5) is 10.2 Å². The Labute approximate surface area is 143 Å². The zero-order chi connectivity index (χ0) is 16.7. The molecule has 0 spiro atoms. The molecule has 0 radical (unpaired) electrons. The van der Waals surface area contributed by atoms with Crippen LogP contribution in [0.3, 0.4) is 0 Å². The number of nitrogens with zero attached hydrogens (tertiary/aromatic N) is 3.